The Morgan fingerprint density at radius 3 is 2.52 bits per heavy atom. The zero-order valence-corrected chi connectivity index (χ0v) is 14.2. The first-order chi connectivity index (χ1) is 9.90. The second-order valence-electron chi connectivity index (χ2n) is 5.59. The van der Waals surface area contributed by atoms with Crippen LogP contribution in [-0.2, 0) is 16.4 Å². The zero-order valence-electron chi connectivity index (χ0n) is 13.4. The third-order valence-corrected chi connectivity index (χ3v) is 5.28. The van der Waals surface area contributed by atoms with E-state index in [1.165, 1.54) is 12.8 Å². The van der Waals surface area contributed by atoms with Gasteiger partial charge in [-0.3, -0.25) is 0 Å². The van der Waals surface area contributed by atoms with Gasteiger partial charge >= 0.3 is 0 Å². The molecule has 120 valence electrons. The van der Waals surface area contributed by atoms with E-state index < -0.39 is 10.0 Å². The van der Waals surface area contributed by atoms with E-state index in [2.05, 4.69) is 11.6 Å². The molecule has 5 heteroatoms. The number of benzene rings is 1. The Labute approximate surface area is 129 Å². The predicted molar refractivity (Wildman–Crippen MR) is 88.8 cm³/mol. The average molecular weight is 312 g/mol. The maximum atomic E-state index is 12.5. The molecular weight excluding hydrogens is 284 g/mol. The van der Waals surface area contributed by atoms with Crippen LogP contribution in [-0.4, -0.2) is 14.5 Å². The molecule has 0 aliphatic carbocycles. The molecular formula is C16H28N2O2S. The van der Waals surface area contributed by atoms with E-state index in [0.717, 1.165) is 24.8 Å². The summed E-state index contributed by atoms with van der Waals surface area (Å²) >= 11 is 0. The van der Waals surface area contributed by atoms with E-state index in [9.17, 15) is 8.42 Å². The Morgan fingerprint density at radius 2 is 1.90 bits per heavy atom. The molecule has 0 aliphatic rings. The number of aryl methyl sites for hydroxylation is 1. The number of nitrogen functional groups attached to an aromatic ring is 1. The van der Waals surface area contributed by atoms with Crippen molar-refractivity contribution in [1.29, 1.82) is 0 Å². The normalized spacial score (nSPS) is 13.3. The Bertz CT molecular complexity index is 541. The van der Waals surface area contributed by atoms with E-state index in [4.69, 9.17) is 5.73 Å². The monoisotopic (exact) mass is 312 g/mol. The SMILES string of the molecule is CCCCCCC(C)NS(=O)(=O)c1cc(N)ccc1CC. The molecule has 1 aromatic carbocycles. The van der Waals surface area contributed by atoms with Crippen molar-refractivity contribution < 1.29 is 8.42 Å². The largest absolute Gasteiger partial charge is 0.399 e. The molecule has 0 spiro atoms. The average Bonchev–Trinajstić information content (AvgIpc) is 2.43. The van der Waals surface area contributed by atoms with Gasteiger partial charge in [-0.05, 0) is 37.5 Å². The maximum Gasteiger partial charge on any atom is 0.241 e. The van der Waals surface area contributed by atoms with Crippen LogP contribution in [0.5, 0.6) is 0 Å². The summed E-state index contributed by atoms with van der Waals surface area (Å²) in [4.78, 5) is 0.311. The lowest BCUT2D eigenvalue weighted by Gasteiger charge is -2.16. The molecule has 1 atom stereocenters. The molecule has 1 aromatic rings. The second-order valence-corrected chi connectivity index (χ2v) is 7.27. The van der Waals surface area contributed by atoms with Gasteiger partial charge in [-0.15, -0.1) is 0 Å². The van der Waals surface area contributed by atoms with E-state index in [0.29, 0.717) is 17.0 Å². The van der Waals surface area contributed by atoms with Gasteiger partial charge in [-0.1, -0.05) is 45.6 Å². The summed E-state index contributed by atoms with van der Waals surface area (Å²) in [6.45, 7) is 6.03. The number of hydrogen-bond donors (Lipinski definition) is 2. The van der Waals surface area contributed by atoms with Crippen LogP contribution >= 0.6 is 0 Å². The Morgan fingerprint density at radius 1 is 1.19 bits per heavy atom. The van der Waals surface area contributed by atoms with E-state index in [1.807, 2.05) is 13.8 Å². The summed E-state index contributed by atoms with van der Waals surface area (Å²) in [7, 11) is -3.50. The summed E-state index contributed by atoms with van der Waals surface area (Å²) in [5.74, 6) is 0. The number of nitrogens with two attached hydrogens (primary N) is 1. The zero-order chi connectivity index (χ0) is 15.9. The molecule has 0 radical (unpaired) electrons. The highest BCUT2D eigenvalue weighted by Crippen LogP contribution is 2.20. The number of unbranched alkanes of at least 4 members (excludes halogenated alkanes) is 3. The molecule has 21 heavy (non-hydrogen) atoms. The van der Waals surface area contributed by atoms with Crippen molar-refractivity contribution in [3.05, 3.63) is 23.8 Å². The Kier molecular flexibility index (Phi) is 7.18. The first kappa shape index (κ1) is 18.0. The van der Waals surface area contributed by atoms with Gasteiger partial charge in [0.2, 0.25) is 10.0 Å². The van der Waals surface area contributed by atoms with Gasteiger partial charge in [0.1, 0.15) is 0 Å². The maximum absolute atomic E-state index is 12.5. The molecule has 0 saturated heterocycles. The van der Waals surface area contributed by atoms with Gasteiger partial charge in [-0.2, -0.15) is 0 Å². The summed E-state index contributed by atoms with van der Waals surface area (Å²) in [5, 5.41) is 0. The van der Waals surface area contributed by atoms with Gasteiger partial charge in [0.05, 0.1) is 4.90 Å². The first-order valence-electron chi connectivity index (χ1n) is 7.81. The van der Waals surface area contributed by atoms with Crippen LogP contribution in [0.15, 0.2) is 23.1 Å². The third kappa shape index (κ3) is 5.67. The fourth-order valence-corrected chi connectivity index (χ4v) is 4.00. The van der Waals surface area contributed by atoms with Gasteiger partial charge in [0.15, 0.2) is 0 Å². The molecule has 3 N–H and O–H groups in total. The van der Waals surface area contributed by atoms with Crippen LogP contribution in [0.4, 0.5) is 5.69 Å². The van der Waals surface area contributed by atoms with Crippen molar-refractivity contribution in [3.63, 3.8) is 0 Å². The second kappa shape index (κ2) is 8.39. The predicted octanol–water partition coefficient (Wildman–Crippen LogP) is 3.47. The van der Waals surface area contributed by atoms with Crippen LogP contribution in [0.2, 0.25) is 0 Å². The Hall–Kier alpha value is -1.07. The van der Waals surface area contributed by atoms with Crippen molar-refractivity contribution in [1.82, 2.24) is 4.72 Å². The van der Waals surface area contributed by atoms with Crippen molar-refractivity contribution in [2.24, 2.45) is 0 Å². The quantitative estimate of drug-likeness (QED) is 0.542. The van der Waals surface area contributed by atoms with Crippen molar-refractivity contribution in [3.8, 4) is 0 Å². The van der Waals surface area contributed by atoms with Gasteiger partial charge in [0.25, 0.3) is 0 Å². The fraction of sp³-hybridized carbons (Fsp3) is 0.625. The van der Waals surface area contributed by atoms with E-state index in [1.54, 1.807) is 18.2 Å². The summed E-state index contributed by atoms with van der Waals surface area (Å²) in [5.41, 5.74) is 7.01. The van der Waals surface area contributed by atoms with Gasteiger partial charge < -0.3 is 5.73 Å². The number of rotatable bonds is 9. The number of sulfonamides is 1. The van der Waals surface area contributed by atoms with Crippen LogP contribution in [0.1, 0.15) is 58.4 Å². The minimum absolute atomic E-state index is 0.0574. The molecule has 0 fully saturated rings. The molecule has 0 bridgehead atoms. The summed E-state index contributed by atoms with van der Waals surface area (Å²) < 4.78 is 27.8. The van der Waals surface area contributed by atoms with Crippen molar-refractivity contribution in [2.45, 2.75) is 70.2 Å². The first-order valence-corrected chi connectivity index (χ1v) is 9.29. The summed E-state index contributed by atoms with van der Waals surface area (Å²) in [6.07, 6.45) is 6.12. The van der Waals surface area contributed by atoms with Crippen molar-refractivity contribution in [2.75, 3.05) is 5.73 Å². The number of nitrogens with one attached hydrogen (secondary N) is 1. The lowest BCUT2D eigenvalue weighted by atomic mass is 10.1. The van der Waals surface area contributed by atoms with Crippen LogP contribution in [0.3, 0.4) is 0 Å². The van der Waals surface area contributed by atoms with E-state index >= 15 is 0 Å². The third-order valence-electron chi connectivity index (χ3n) is 3.61. The van der Waals surface area contributed by atoms with Crippen LogP contribution in [0.25, 0.3) is 0 Å². The highest BCUT2D eigenvalue weighted by molar-refractivity contribution is 7.89. The topological polar surface area (TPSA) is 72.2 Å². The van der Waals surface area contributed by atoms with Crippen molar-refractivity contribution >= 4 is 15.7 Å². The smallest absolute Gasteiger partial charge is 0.241 e. The molecule has 0 saturated carbocycles. The van der Waals surface area contributed by atoms with Gasteiger partial charge in [0, 0.05) is 11.7 Å². The highest BCUT2D eigenvalue weighted by Gasteiger charge is 2.20. The molecule has 1 rings (SSSR count). The molecule has 0 heterocycles. The Balaban J connectivity index is 2.75. The molecule has 1 unspecified atom stereocenters. The van der Waals surface area contributed by atoms with Crippen LogP contribution < -0.4 is 10.5 Å². The van der Waals surface area contributed by atoms with E-state index in [-0.39, 0.29) is 6.04 Å². The molecule has 4 nitrogen and oxygen atoms in total. The standard InChI is InChI=1S/C16H28N2O2S/c1-4-6-7-8-9-13(3)18-21(19,20)16-12-15(17)11-10-14(16)5-2/h10-13,18H,4-9,17H2,1-3H3. The minimum atomic E-state index is -3.50. The lowest BCUT2D eigenvalue weighted by Crippen LogP contribution is -2.33. The molecule has 0 aromatic heterocycles. The van der Waals surface area contributed by atoms with Crippen LogP contribution in [0, 0.1) is 0 Å². The number of anilines is 1. The lowest BCUT2D eigenvalue weighted by molar-refractivity contribution is 0.521. The number of hydrogen-bond acceptors (Lipinski definition) is 3. The molecule has 0 aliphatic heterocycles. The molecule has 0 amide bonds. The highest BCUT2D eigenvalue weighted by atomic mass is 32.2. The van der Waals surface area contributed by atoms with Gasteiger partial charge in [-0.25, -0.2) is 13.1 Å². The fourth-order valence-electron chi connectivity index (χ4n) is 2.38. The summed E-state index contributed by atoms with van der Waals surface area (Å²) in [6, 6.07) is 5.02. The minimum Gasteiger partial charge on any atom is -0.399 e.